The van der Waals surface area contributed by atoms with Crippen molar-refractivity contribution < 1.29 is 14.4 Å². The number of halogens is 2. The summed E-state index contributed by atoms with van der Waals surface area (Å²) >= 11 is 0. The number of nitrogens with two attached hydrogens (primary N) is 1. The predicted octanol–water partition coefficient (Wildman–Crippen LogP) is 3.90. The second-order valence-electron chi connectivity index (χ2n) is 9.19. The average Bonchev–Trinajstić information content (AvgIpc) is 3.21. The molecule has 2 aromatic rings. The van der Waals surface area contributed by atoms with E-state index in [1.54, 1.807) is 12.0 Å². The number of fused-ring (bicyclic) bond motifs is 1. The van der Waals surface area contributed by atoms with Gasteiger partial charge in [0.1, 0.15) is 0 Å². The minimum atomic E-state index is -0.653. The minimum Gasteiger partial charge on any atom is -0.433 e. The number of nitrogens with zero attached hydrogens (tertiary/aromatic N) is 5. The molecule has 3 heterocycles. The Hall–Kier alpha value is -2.08. The summed E-state index contributed by atoms with van der Waals surface area (Å²) < 4.78 is 6.93. The lowest BCUT2D eigenvalue weighted by Crippen LogP contribution is -2.40. The summed E-state index contributed by atoms with van der Waals surface area (Å²) in [6.07, 6.45) is 6.86. The van der Waals surface area contributed by atoms with Crippen molar-refractivity contribution >= 4 is 53.9 Å². The Morgan fingerprint density at radius 3 is 2.37 bits per heavy atom. The molecule has 1 aliphatic carbocycles. The van der Waals surface area contributed by atoms with Crippen molar-refractivity contribution in [1.29, 1.82) is 0 Å². The summed E-state index contributed by atoms with van der Waals surface area (Å²) in [5.41, 5.74) is 7.65. The monoisotopic (exact) mass is 532 g/mol. The maximum atomic E-state index is 11.6. The van der Waals surface area contributed by atoms with Crippen molar-refractivity contribution in [1.82, 2.24) is 24.6 Å². The zero-order valence-corrected chi connectivity index (χ0v) is 22.2. The first-order valence-electron chi connectivity index (χ1n) is 12.1. The van der Waals surface area contributed by atoms with Gasteiger partial charge in [0, 0.05) is 37.3 Å². The van der Waals surface area contributed by atoms with E-state index in [2.05, 4.69) is 34.0 Å². The van der Waals surface area contributed by atoms with E-state index in [1.165, 1.54) is 0 Å². The third-order valence-electron chi connectivity index (χ3n) is 6.34. The molecule has 13 heteroatoms. The van der Waals surface area contributed by atoms with Crippen LogP contribution in [0.4, 0.5) is 16.6 Å². The van der Waals surface area contributed by atoms with Crippen LogP contribution in [0.15, 0.2) is 6.33 Å². The molecular formula is C22H38Cl2N8O3. The van der Waals surface area contributed by atoms with Crippen LogP contribution in [0.1, 0.15) is 65.3 Å². The molecule has 0 atom stereocenters. The zero-order valence-electron chi connectivity index (χ0n) is 20.6. The van der Waals surface area contributed by atoms with Crippen molar-refractivity contribution in [2.45, 2.75) is 83.5 Å². The molecule has 2 fully saturated rings. The number of hydrogen-bond acceptors (Lipinski definition) is 10. The SMILES string of the molecule is CCOC(=O)ON1CCC(Nc2nc(N[C@H]3CC[C@H](N)CC3)nc3c2ncn3C(C)C)CC1.Cl.Cl. The molecule has 198 valence electrons. The number of piperidine rings is 1. The molecule has 11 nitrogen and oxygen atoms in total. The number of nitrogens with one attached hydrogen (secondary N) is 2. The van der Waals surface area contributed by atoms with E-state index in [-0.39, 0.29) is 36.9 Å². The van der Waals surface area contributed by atoms with Gasteiger partial charge >= 0.3 is 6.16 Å². The Bertz CT molecular complexity index is 944. The number of ether oxygens (including phenoxy) is 1. The third-order valence-corrected chi connectivity index (χ3v) is 6.34. The quantitative estimate of drug-likeness (QED) is 0.450. The van der Waals surface area contributed by atoms with Crippen molar-refractivity contribution in [3.8, 4) is 0 Å². The lowest BCUT2D eigenvalue weighted by Gasteiger charge is -2.31. The van der Waals surface area contributed by atoms with Gasteiger partial charge < -0.3 is 30.5 Å². The number of anilines is 2. The van der Waals surface area contributed by atoms with Gasteiger partial charge in [-0.3, -0.25) is 0 Å². The summed E-state index contributed by atoms with van der Waals surface area (Å²) in [5.74, 6) is 1.36. The second kappa shape index (κ2) is 13.3. The molecule has 4 N–H and O–H groups in total. The molecule has 4 rings (SSSR count). The Kier molecular flexibility index (Phi) is 11.1. The van der Waals surface area contributed by atoms with Crippen molar-refractivity contribution in [2.75, 3.05) is 30.3 Å². The Balaban J connectivity index is 0.00000216. The molecule has 2 aliphatic rings. The Morgan fingerprint density at radius 1 is 1.09 bits per heavy atom. The predicted molar refractivity (Wildman–Crippen MR) is 140 cm³/mol. The summed E-state index contributed by atoms with van der Waals surface area (Å²) in [7, 11) is 0. The van der Waals surface area contributed by atoms with E-state index in [0.717, 1.165) is 55.5 Å². The highest BCUT2D eigenvalue weighted by molar-refractivity contribution is 5.86. The largest absolute Gasteiger partial charge is 0.527 e. The van der Waals surface area contributed by atoms with E-state index in [9.17, 15) is 4.79 Å². The van der Waals surface area contributed by atoms with Crippen molar-refractivity contribution in [2.24, 2.45) is 5.73 Å². The van der Waals surface area contributed by atoms with Crippen molar-refractivity contribution in [3.05, 3.63) is 6.33 Å². The van der Waals surface area contributed by atoms with Crippen LogP contribution in [0.25, 0.3) is 11.2 Å². The number of carbonyl (C=O) groups is 1. The van der Waals surface area contributed by atoms with E-state index < -0.39 is 6.16 Å². The van der Waals surface area contributed by atoms with Crippen LogP contribution < -0.4 is 16.4 Å². The number of aromatic nitrogens is 4. The first-order valence-corrected chi connectivity index (χ1v) is 12.1. The Morgan fingerprint density at radius 2 is 1.74 bits per heavy atom. The lowest BCUT2D eigenvalue weighted by molar-refractivity contribution is -0.137. The molecule has 0 spiro atoms. The van der Waals surface area contributed by atoms with Crippen LogP contribution in [-0.4, -0.2) is 68.6 Å². The average molecular weight is 534 g/mol. The minimum absolute atomic E-state index is 0. The molecule has 0 radical (unpaired) electrons. The van der Waals surface area contributed by atoms with Gasteiger partial charge in [0.15, 0.2) is 17.0 Å². The number of hydroxylamine groups is 2. The van der Waals surface area contributed by atoms with E-state index >= 15 is 0 Å². The smallest absolute Gasteiger partial charge is 0.433 e. The highest BCUT2D eigenvalue weighted by Crippen LogP contribution is 2.27. The molecule has 1 saturated carbocycles. The molecule has 2 aromatic heterocycles. The number of hydrogen-bond donors (Lipinski definition) is 3. The van der Waals surface area contributed by atoms with Gasteiger partial charge in [0.05, 0.1) is 12.9 Å². The molecule has 0 bridgehead atoms. The van der Waals surface area contributed by atoms with E-state index in [4.69, 9.17) is 25.3 Å². The fourth-order valence-electron chi connectivity index (χ4n) is 4.44. The number of imidazole rings is 1. The summed E-state index contributed by atoms with van der Waals surface area (Å²) in [4.78, 5) is 31.0. The van der Waals surface area contributed by atoms with Crippen LogP contribution >= 0.6 is 24.8 Å². The van der Waals surface area contributed by atoms with Crippen molar-refractivity contribution in [3.63, 3.8) is 0 Å². The standard InChI is InChI=1S/C22H36N8O3.2ClH/c1-4-32-22(31)33-29-11-9-17(10-12-29)25-19-18-20(30(13-24-18)14(2)3)28-21(27-19)26-16-7-5-15(23)6-8-16;;/h13-17H,4-12,23H2,1-3H3,(H2,25,26,27,28);2*1H/t15-,16-;;. The normalized spacial score (nSPS) is 21.2. The molecule has 1 aliphatic heterocycles. The van der Waals surface area contributed by atoms with Crippen LogP contribution in [0, 0.1) is 0 Å². The van der Waals surface area contributed by atoms with E-state index in [1.807, 2.05) is 6.33 Å². The van der Waals surface area contributed by atoms with Gasteiger partial charge in [-0.2, -0.15) is 9.97 Å². The Labute approximate surface area is 218 Å². The highest BCUT2D eigenvalue weighted by Gasteiger charge is 2.25. The van der Waals surface area contributed by atoms with Gasteiger partial charge in [-0.25, -0.2) is 9.78 Å². The molecule has 0 aromatic carbocycles. The third kappa shape index (κ3) is 7.45. The van der Waals surface area contributed by atoms with Gasteiger partial charge in [0.25, 0.3) is 0 Å². The summed E-state index contributed by atoms with van der Waals surface area (Å²) in [5, 5.41) is 8.76. The van der Waals surface area contributed by atoms with Crippen LogP contribution in [-0.2, 0) is 9.57 Å². The van der Waals surface area contributed by atoms with Crippen LogP contribution in [0.3, 0.4) is 0 Å². The fraction of sp³-hybridized carbons (Fsp3) is 0.727. The van der Waals surface area contributed by atoms with Gasteiger partial charge in [-0.05, 0) is 59.3 Å². The van der Waals surface area contributed by atoms with Gasteiger partial charge in [-0.1, -0.05) is 0 Å². The topological polar surface area (TPSA) is 132 Å². The summed E-state index contributed by atoms with van der Waals surface area (Å²) in [6.45, 7) is 7.54. The lowest BCUT2D eigenvalue weighted by atomic mass is 9.92. The maximum absolute atomic E-state index is 11.6. The molecule has 1 saturated heterocycles. The van der Waals surface area contributed by atoms with Gasteiger partial charge in [-0.15, -0.1) is 29.9 Å². The number of rotatable bonds is 7. The highest BCUT2D eigenvalue weighted by atomic mass is 35.5. The van der Waals surface area contributed by atoms with Crippen LogP contribution in [0.2, 0.25) is 0 Å². The first-order chi connectivity index (χ1) is 15.9. The van der Waals surface area contributed by atoms with Gasteiger partial charge in [0.2, 0.25) is 5.95 Å². The molecule has 35 heavy (non-hydrogen) atoms. The fourth-order valence-corrected chi connectivity index (χ4v) is 4.44. The number of carbonyl (C=O) groups excluding carboxylic acids is 1. The molecule has 0 amide bonds. The molecule has 0 unspecified atom stereocenters. The van der Waals surface area contributed by atoms with E-state index in [0.29, 0.717) is 37.7 Å². The summed E-state index contributed by atoms with van der Waals surface area (Å²) in [6, 6.07) is 1.05. The second-order valence-corrected chi connectivity index (χ2v) is 9.19. The molecular weight excluding hydrogens is 495 g/mol. The first kappa shape index (κ1) is 29.2. The maximum Gasteiger partial charge on any atom is 0.527 e. The zero-order chi connectivity index (χ0) is 23.4. The van der Waals surface area contributed by atoms with Crippen LogP contribution in [0.5, 0.6) is 0 Å².